The summed E-state index contributed by atoms with van der Waals surface area (Å²) in [6, 6.07) is 22.8. The van der Waals surface area contributed by atoms with Gasteiger partial charge in [-0.3, -0.25) is 14.4 Å². The molecule has 0 spiro atoms. The lowest BCUT2D eigenvalue weighted by Gasteiger charge is -2.33. The van der Waals surface area contributed by atoms with Crippen molar-refractivity contribution in [2.75, 3.05) is 39.6 Å². The highest BCUT2D eigenvalue weighted by molar-refractivity contribution is 6.08. The minimum Gasteiger partial charge on any atom is -0.478 e. The average molecular weight is 828 g/mol. The summed E-state index contributed by atoms with van der Waals surface area (Å²) in [7, 11) is 7.78. The van der Waals surface area contributed by atoms with Crippen LogP contribution in [0.4, 0.5) is 5.69 Å². The second kappa shape index (κ2) is 18.1. The SMILES string of the molecule is C[C@H]1OC(=O)[C@H]1NC(=O)[C@H](Cc1c[nH]c2ccccc12)NC(=O)CCCCCNC(=O)Cc1ccc(-c2c3ccc(=[N+](C)C)cc-3oc3cc(N(C)C)ccc23)c(C(=O)O)c1. The van der Waals surface area contributed by atoms with Crippen LogP contribution in [0.3, 0.4) is 0 Å². The lowest BCUT2D eigenvalue weighted by atomic mass is 9.89. The van der Waals surface area contributed by atoms with Crippen LogP contribution in [0.5, 0.6) is 0 Å². The van der Waals surface area contributed by atoms with Crippen LogP contribution in [0.25, 0.3) is 44.3 Å². The number of aromatic carboxylic acids is 1. The Bertz CT molecular complexity index is 2690. The molecule has 0 unspecified atom stereocenters. The zero-order valence-corrected chi connectivity index (χ0v) is 35.0. The largest absolute Gasteiger partial charge is 0.478 e. The number of aromatic nitrogens is 1. The molecule has 3 aliphatic rings. The molecule has 3 heterocycles. The zero-order chi connectivity index (χ0) is 43.4. The molecule has 1 aliphatic carbocycles. The quantitative estimate of drug-likeness (QED) is 0.0394. The number of benzene rings is 4. The number of aromatic amines is 1. The molecule has 4 aromatic rings. The first kappa shape index (κ1) is 42.2. The molecule has 316 valence electrons. The summed E-state index contributed by atoms with van der Waals surface area (Å²) in [4.78, 5) is 69.3. The van der Waals surface area contributed by atoms with Gasteiger partial charge in [0.15, 0.2) is 6.04 Å². The van der Waals surface area contributed by atoms with Gasteiger partial charge in [-0.25, -0.2) is 14.2 Å². The number of hydrogen-bond acceptors (Lipinski definition) is 8. The Morgan fingerprint density at radius 1 is 0.902 bits per heavy atom. The number of carboxylic acid groups (broad SMARTS) is 1. The maximum atomic E-state index is 13.3. The van der Waals surface area contributed by atoms with Gasteiger partial charge in [-0.15, -0.1) is 0 Å². The van der Waals surface area contributed by atoms with Crippen LogP contribution in [0.15, 0.2) is 89.5 Å². The van der Waals surface area contributed by atoms with Crippen LogP contribution in [0.2, 0.25) is 0 Å². The van der Waals surface area contributed by atoms with E-state index in [1.165, 1.54) is 0 Å². The number of nitrogens with one attached hydrogen (secondary N) is 4. The molecule has 0 bridgehead atoms. The van der Waals surface area contributed by atoms with E-state index in [4.69, 9.17) is 9.15 Å². The summed E-state index contributed by atoms with van der Waals surface area (Å²) in [6.07, 6.45) is 3.55. The van der Waals surface area contributed by atoms with Crippen molar-refractivity contribution in [1.29, 1.82) is 0 Å². The van der Waals surface area contributed by atoms with Gasteiger partial charge in [0.1, 0.15) is 37.6 Å². The third kappa shape index (κ3) is 9.43. The molecule has 14 nitrogen and oxygen atoms in total. The van der Waals surface area contributed by atoms with Crippen LogP contribution < -0.4 is 30.8 Å². The molecule has 5 N–H and O–H groups in total. The van der Waals surface area contributed by atoms with Crippen LogP contribution >= 0.6 is 0 Å². The van der Waals surface area contributed by atoms with E-state index < -0.39 is 36.0 Å². The lowest BCUT2D eigenvalue weighted by Crippen LogP contribution is -2.62. The number of amides is 3. The number of cyclic esters (lactones) is 1. The third-order valence-electron chi connectivity index (χ3n) is 11.1. The standard InChI is InChI=1S/C47H50N6O8/c1-27-44(47(59)60-27)51-45(56)38(23-29-26-49-37-12-9-8-11-32(29)37)50-41(54)13-7-6-10-20-48-42(55)22-28-14-17-33(36(21-28)46(57)58)43-34-18-15-30(52(2)3)24-39(34)61-40-25-31(53(4)5)16-19-35(40)43/h8-9,11-12,14-19,21,24-27,38,44,49H,6-7,10,13,20,22-23H2,1-5H3,(H3-,48,50,51,54,55,56,57,58)/p+1/t27-,38+,44+/m1/s1. The van der Waals surface area contributed by atoms with E-state index in [0.29, 0.717) is 48.3 Å². The van der Waals surface area contributed by atoms with Gasteiger partial charge in [0.05, 0.1) is 18.1 Å². The minimum atomic E-state index is -1.11. The summed E-state index contributed by atoms with van der Waals surface area (Å²) in [5, 5.41) is 21.6. The minimum absolute atomic E-state index is 0.00971. The van der Waals surface area contributed by atoms with E-state index in [1.807, 2.05) is 105 Å². The average Bonchev–Trinajstić information content (AvgIpc) is 3.64. The number of unbranched alkanes of at least 4 members (excludes halogenated alkanes) is 2. The number of para-hydroxylation sites is 1. The number of esters is 1. The maximum Gasteiger partial charge on any atom is 0.336 e. The van der Waals surface area contributed by atoms with Crippen LogP contribution in [0, 0.1) is 0 Å². The van der Waals surface area contributed by atoms with E-state index >= 15 is 0 Å². The fourth-order valence-electron chi connectivity index (χ4n) is 7.74. The van der Waals surface area contributed by atoms with Crippen molar-refractivity contribution < 1.29 is 38.2 Å². The number of ether oxygens (including phenoxy) is 1. The van der Waals surface area contributed by atoms with Crippen molar-refractivity contribution in [3.63, 3.8) is 0 Å². The van der Waals surface area contributed by atoms with Crippen LogP contribution in [-0.4, -0.2) is 92.7 Å². The van der Waals surface area contributed by atoms with Crippen LogP contribution in [0.1, 0.15) is 54.1 Å². The molecule has 1 aromatic heterocycles. The highest BCUT2D eigenvalue weighted by Crippen LogP contribution is 2.42. The highest BCUT2D eigenvalue weighted by Gasteiger charge is 2.41. The van der Waals surface area contributed by atoms with Gasteiger partial charge in [-0.2, -0.15) is 0 Å². The number of rotatable bonds is 16. The third-order valence-corrected chi connectivity index (χ3v) is 11.1. The van der Waals surface area contributed by atoms with Crippen molar-refractivity contribution in [2.24, 2.45) is 0 Å². The highest BCUT2D eigenvalue weighted by atomic mass is 16.6. The van der Waals surface area contributed by atoms with Crippen molar-refractivity contribution in [2.45, 2.75) is 63.6 Å². The van der Waals surface area contributed by atoms with Gasteiger partial charge < -0.3 is 40.1 Å². The fraction of sp³-hybridized carbons (Fsp3) is 0.319. The summed E-state index contributed by atoms with van der Waals surface area (Å²) < 4.78 is 13.4. The molecule has 3 atom stereocenters. The number of carbonyl (C=O) groups is 5. The molecular formula is C47H51N6O8+. The Morgan fingerprint density at radius 2 is 1.69 bits per heavy atom. The van der Waals surface area contributed by atoms with E-state index in [0.717, 1.165) is 44.0 Å². The molecule has 14 heteroatoms. The smallest absolute Gasteiger partial charge is 0.336 e. The topological polar surface area (TPSA) is 186 Å². The van der Waals surface area contributed by atoms with Gasteiger partial charge in [-0.05, 0) is 66.8 Å². The molecule has 61 heavy (non-hydrogen) atoms. The first-order valence-corrected chi connectivity index (χ1v) is 20.4. The molecule has 1 fully saturated rings. The van der Waals surface area contributed by atoms with Gasteiger partial charge in [0.25, 0.3) is 0 Å². The van der Waals surface area contributed by atoms with Crippen molar-refractivity contribution in [3.8, 4) is 22.5 Å². The first-order chi connectivity index (χ1) is 29.3. The lowest BCUT2D eigenvalue weighted by molar-refractivity contribution is -0.176. The first-order valence-electron chi connectivity index (χ1n) is 20.4. The number of hydrogen-bond donors (Lipinski definition) is 5. The normalized spacial score (nSPS) is 15.2. The molecule has 0 saturated carbocycles. The van der Waals surface area contributed by atoms with Gasteiger partial charge in [-0.1, -0.05) is 36.8 Å². The Hall–Kier alpha value is -6.96. The summed E-state index contributed by atoms with van der Waals surface area (Å²) in [5.74, 6) is -2.01. The van der Waals surface area contributed by atoms with Gasteiger partial charge in [0.2, 0.25) is 23.1 Å². The van der Waals surface area contributed by atoms with Crippen molar-refractivity contribution >= 4 is 57.2 Å². The summed E-state index contributed by atoms with van der Waals surface area (Å²) >= 11 is 0. The van der Waals surface area contributed by atoms with E-state index in [1.54, 1.807) is 25.1 Å². The number of anilines is 1. The molecule has 0 radical (unpaired) electrons. The second-order valence-electron chi connectivity index (χ2n) is 16.0. The molecule has 7 rings (SSSR count). The number of carboxylic acids is 1. The van der Waals surface area contributed by atoms with Gasteiger partial charge >= 0.3 is 11.9 Å². The maximum absolute atomic E-state index is 13.3. The predicted molar refractivity (Wildman–Crippen MR) is 233 cm³/mol. The second-order valence-corrected chi connectivity index (χ2v) is 16.0. The van der Waals surface area contributed by atoms with E-state index in [9.17, 15) is 29.1 Å². The molecule has 3 amide bonds. The fourth-order valence-corrected chi connectivity index (χ4v) is 7.74. The predicted octanol–water partition coefficient (Wildman–Crippen LogP) is 4.86. The molecule has 3 aromatic carbocycles. The Kier molecular flexibility index (Phi) is 12.5. The zero-order valence-electron chi connectivity index (χ0n) is 35.0. The molecule has 1 saturated heterocycles. The Labute approximate surface area is 352 Å². The van der Waals surface area contributed by atoms with Gasteiger partial charge in [0, 0.05) is 84.9 Å². The Balaban J connectivity index is 0.956. The number of fused-ring (bicyclic) bond motifs is 3. The van der Waals surface area contributed by atoms with Crippen LogP contribution in [-0.2, 0) is 36.8 Å². The number of carbonyl (C=O) groups excluding carboxylic acids is 4. The number of nitrogens with zero attached hydrogens (tertiary/aromatic N) is 2. The number of H-pyrrole nitrogens is 1. The molecular weight excluding hydrogens is 777 g/mol. The molecule has 2 aliphatic heterocycles. The summed E-state index contributed by atoms with van der Waals surface area (Å²) in [6.45, 7) is 2.07. The van der Waals surface area contributed by atoms with E-state index in [-0.39, 0.29) is 36.6 Å². The monoisotopic (exact) mass is 827 g/mol. The summed E-state index contributed by atoms with van der Waals surface area (Å²) in [5.41, 5.74) is 5.98. The van der Waals surface area contributed by atoms with E-state index in [2.05, 4.69) is 20.9 Å². The van der Waals surface area contributed by atoms with Crippen molar-refractivity contribution in [3.05, 3.63) is 107 Å². The van der Waals surface area contributed by atoms with Crippen molar-refractivity contribution in [1.82, 2.24) is 25.5 Å². The Morgan fingerprint density at radius 3 is 2.43 bits per heavy atom.